The molecule has 0 fully saturated rings. The number of alkyl halides is 1. The van der Waals surface area contributed by atoms with E-state index in [0.717, 1.165) is 5.52 Å². The molecule has 1 heterocycles. The molecule has 0 amide bonds. The van der Waals surface area contributed by atoms with Gasteiger partial charge in [0.1, 0.15) is 11.6 Å². The molecule has 6 heteroatoms. The van der Waals surface area contributed by atoms with Crippen molar-refractivity contribution in [2.24, 2.45) is 0 Å². The molecule has 0 atom stereocenters. The van der Waals surface area contributed by atoms with Gasteiger partial charge in [-0.3, -0.25) is 0 Å². The van der Waals surface area contributed by atoms with E-state index >= 15 is 0 Å². The number of hydrogen-bond donors (Lipinski definition) is 0. The van der Waals surface area contributed by atoms with Crippen molar-refractivity contribution in [3.63, 3.8) is 0 Å². The van der Waals surface area contributed by atoms with Gasteiger partial charge >= 0.3 is 0 Å². The third kappa shape index (κ3) is 3.15. The summed E-state index contributed by atoms with van der Waals surface area (Å²) in [6, 6.07) is 3.15. The van der Waals surface area contributed by atoms with Gasteiger partial charge < -0.3 is 9.30 Å². The average Bonchev–Trinajstić information content (AvgIpc) is 2.67. The highest BCUT2D eigenvalue weighted by atomic mass is 79.9. The molecule has 0 spiro atoms. The normalized spacial score (nSPS) is 12.3. The summed E-state index contributed by atoms with van der Waals surface area (Å²) >= 11 is 9.17. The van der Waals surface area contributed by atoms with E-state index in [4.69, 9.17) is 16.3 Å². The summed E-state index contributed by atoms with van der Waals surface area (Å²) in [4.78, 5) is 4.39. The van der Waals surface area contributed by atoms with E-state index < -0.39 is 0 Å². The van der Waals surface area contributed by atoms with Crippen LogP contribution in [0, 0.1) is 5.82 Å². The zero-order valence-corrected chi connectivity index (χ0v) is 14.1. The molecule has 1 aromatic heterocycles. The second-order valence-electron chi connectivity index (χ2n) is 5.20. The van der Waals surface area contributed by atoms with Crippen molar-refractivity contribution >= 4 is 38.6 Å². The summed E-state index contributed by atoms with van der Waals surface area (Å²) in [5.74, 6) is 0.662. The van der Waals surface area contributed by atoms with Crippen molar-refractivity contribution in [3.05, 3.63) is 28.2 Å². The van der Waals surface area contributed by atoms with Gasteiger partial charge in [0.2, 0.25) is 0 Å². The highest BCUT2D eigenvalue weighted by Gasteiger charge is 2.22. The van der Waals surface area contributed by atoms with E-state index in [1.54, 1.807) is 6.07 Å². The molecule has 0 aliphatic rings. The van der Waals surface area contributed by atoms with E-state index in [1.807, 2.05) is 25.3 Å². The lowest BCUT2D eigenvalue weighted by atomic mass is 10.1. The Morgan fingerprint density at radius 1 is 1.45 bits per heavy atom. The van der Waals surface area contributed by atoms with Crippen molar-refractivity contribution < 1.29 is 9.13 Å². The molecular formula is C14H17BrClFN2O. The van der Waals surface area contributed by atoms with E-state index in [9.17, 15) is 4.39 Å². The number of aromatic nitrogens is 2. The summed E-state index contributed by atoms with van der Waals surface area (Å²) < 4.78 is 21.7. The molecule has 2 aromatic rings. The minimum Gasteiger partial charge on any atom is -0.374 e. The van der Waals surface area contributed by atoms with Gasteiger partial charge in [0.15, 0.2) is 0 Å². The molecule has 0 N–H and O–H groups in total. The van der Waals surface area contributed by atoms with Crippen molar-refractivity contribution in [1.82, 2.24) is 9.55 Å². The molecule has 0 saturated carbocycles. The Morgan fingerprint density at radius 3 is 2.75 bits per heavy atom. The fraction of sp³-hybridized carbons (Fsp3) is 0.500. The first-order valence-electron chi connectivity index (χ1n) is 6.42. The maximum Gasteiger partial charge on any atom is 0.139 e. The van der Waals surface area contributed by atoms with Crippen LogP contribution in [0.25, 0.3) is 11.0 Å². The van der Waals surface area contributed by atoms with E-state index in [2.05, 4.69) is 20.9 Å². The molecule has 0 bridgehead atoms. The van der Waals surface area contributed by atoms with Gasteiger partial charge in [-0.25, -0.2) is 9.37 Å². The first-order valence-corrected chi connectivity index (χ1v) is 7.75. The van der Waals surface area contributed by atoms with Gasteiger partial charge in [0.05, 0.1) is 33.5 Å². The number of nitrogens with zero attached hydrogens (tertiary/aromatic N) is 2. The predicted molar refractivity (Wildman–Crippen MR) is 82.7 cm³/mol. The highest BCUT2D eigenvalue weighted by molar-refractivity contribution is 9.10. The smallest absolute Gasteiger partial charge is 0.139 e. The zero-order valence-electron chi connectivity index (χ0n) is 11.7. The number of benzene rings is 1. The molecule has 3 nitrogen and oxygen atoms in total. The molecule has 20 heavy (non-hydrogen) atoms. The topological polar surface area (TPSA) is 27.1 Å². The van der Waals surface area contributed by atoms with E-state index in [1.165, 1.54) is 6.07 Å². The summed E-state index contributed by atoms with van der Waals surface area (Å²) in [5.41, 5.74) is 1.11. The van der Waals surface area contributed by atoms with Crippen LogP contribution in [0.2, 0.25) is 0 Å². The Kier molecular flexibility index (Phi) is 4.72. The van der Waals surface area contributed by atoms with Crippen LogP contribution in [0.3, 0.4) is 0 Å². The molecule has 110 valence electrons. The fourth-order valence-corrected chi connectivity index (χ4v) is 2.80. The number of halogens is 3. The molecule has 0 aliphatic heterocycles. The predicted octanol–water partition coefficient (Wildman–Crippen LogP) is 4.49. The lowest BCUT2D eigenvalue weighted by molar-refractivity contribution is -0.0220. The lowest BCUT2D eigenvalue weighted by Gasteiger charge is -2.26. The molecule has 0 radical (unpaired) electrons. The van der Waals surface area contributed by atoms with Crippen molar-refractivity contribution in [2.75, 3.05) is 6.61 Å². The third-order valence-corrected chi connectivity index (χ3v) is 3.91. The van der Waals surface area contributed by atoms with Gasteiger partial charge in [-0.05, 0) is 42.8 Å². The third-order valence-electron chi connectivity index (χ3n) is 3.06. The average molecular weight is 364 g/mol. The minimum atomic E-state index is -0.343. The number of fused-ring (bicyclic) bond motifs is 1. The zero-order chi connectivity index (χ0) is 14.9. The molecular weight excluding hydrogens is 347 g/mol. The first kappa shape index (κ1) is 15.7. The Hall–Kier alpha value is -0.650. The standard InChI is InChI=1S/C14H17BrClFN2O/c1-4-20-14(2,3)8-19-12-5-9(15)10(17)6-11(12)18-13(19)7-16/h5-6H,4,7-8H2,1-3H3. The monoisotopic (exact) mass is 362 g/mol. The maximum absolute atomic E-state index is 13.6. The van der Waals surface area contributed by atoms with E-state index in [-0.39, 0.29) is 17.3 Å². The Morgan fingerprint density at radius 2 is 2.15 bits per heavy atom. The molecule has 1 aromatic carbocycles. The van der Waals surface area contributed by atoms with Crippen molar-refractivity contribution in [3.8, 4) is 0 Å². The number of hydrogen-bond acceptors (Lipinski definition) is 2. The highest BCUT2D eigenvalue weighted by Crippen LogP contribution is 2.27. The second-order valence-corrected chi connectivity index (χ2v) is 6.32. The fourth-order valence-electron chi connectivity index (χ4n) is 2.27. The van der Waals surface area contributed by atoms with Gasteiger partial charge in [-0.15, -0.1) is 11.6 Å². The Balaban J connectivity index is 2.53. The molecule has 2 rings (SSSR count). The molecule has 0 unspecified atom stereocenters. The van der Waals surface area contributed by atoms with Crippen molar-refractivity contribution in [1.29, 1.82) is 0 Å². The van der Waals surface area contributed by atoms with Crippen LogP contribution in [0.15, 0.2) is 16.6 Å². The lowest BCUT2D eigenvalue weighted by Crippen LogP contribution is -2.31. The second kappa shape index (κ2) is 6.00. The largest absolute Gasteiger partial charge is 0.374 e. The van der Waals surface area contributed by atoms with E-state index in [0.29, 0.717) is 29.0 Å². The van der Waals surface area contributed by atoms with Crippen molar-refractivity contribution in [2.45, 2.75) is 38.8 Å². The van der Waals surface area contributed by atoms with Gasteiger partial charge in [0.25, 0.3) is 0 Å². The number of ether oxygens (including phenoxy) is 1. The maximum atomic E-state index is 13.6. The van der Waals surface area contributed by atoms with Crippen LogP contribution in [0.1, 0.15) is 26.6 Å². The van der Waals surface area contributed by atoms with Gasteiger partial charge in [-0.2, -0.15) is 0 Å². The minimum absolute atomic E-state index is 0.274. The number of rotatable bonds is 5. The van der Waals surface area contributed by atoms with Crippen LogP contribution in [0.4, 0.5) is 4.39 Å². The quantitative estimate of drug-likeness (QED) is 0.732. The Labute approximate surface area is 131 Å². The summed E-state index contributed by atoms with van der Waals surface area (Å²) in [6.45, 7) is 7.23. The first-order chi connectivity index (χ1) is 9.38. The number of imidazole rings is 1. The van der Waals surface area contributed by atoms with Crippen LogP contribution in [-0.2, 0) is 17.2 Å². The summed E-state index contributed by atoms with van der Waals surface area (Å²) in [5, 5.41) is 0. The summed E-state index contributed by atoms with van der Waals surface area (Å²) in [7, 11) is 0. The SMILES string of the molecule is CCOC(C)(C)Cn1c(CCl)nc2cc(F)c(Br)cc21. The van der Waals surface area contributed by atoms with Gasteiger partial charge in [-0.1, -0.05) is 0 Å². The Bertz CT molecular complexity index is 627. The van der Waals surface area contributed by atoms with Crippen LogP contribution >= 0.6 is 27.5 Å². The molecule has 0 saturated heterocycles. The summed E-state index contributed by atoms with van der Waals surface area (Å²) in [6.07, 6.45) is 0. The van der Waals surface area contributed by atoms with Crippen LogP contribution < -0.4 is 0 Å². The van der Waals surface area contributed by atoms with Crippen LogP contribution in [0.5, 0.6) is 0 Å². The van der Waals surface area contributed by atoms with Gasteiger partial charge in [0, 0.05) is 12.7 Å². The molecule has 0 aliphatic carbocycles. The van der Waals surface area contributed by atoms with Crippen LogP contribution in [-0.4, -0.2) is 21.8 Å².